The summed E-state index contributed by atoms with van der Waals surface area (Å²) >= 11 is 5.88. The van der Waals surface area contributed by atoms with Crippen molar-refractivity contribution in [1.82, 2.24) is 0 Å². The molecule has 1 saturated carbocycles. The standard InChI is InChI=1S/C13H19ClN2/c14-10-7-8-13(12(15)9-10)16-11-5-3-1-2-4-6-11/h7-9,11,16H,1-6,15H2. The maximum Gasteiger partial charge on any atom is 0.0577 e. The molecular formula is C13H19ClN2. The highest BCUT2D eigenvalue weighted by Crippen LogP contribution is 2.26. The summed E-state index contributed by atoms with van der Waals surface area (Å²) in [5.74, 6) is 0. The molecule has 0 saturated heterocycles. The van der Waals surface area contributed by atoms with Crippen molar-refractivity contribution in [3.8, 4) is 0 Å². The number of halogens is 1. The number of anilines is 2. The number of hydrogen-bond donors (Lipinski definition) is 2. The number of nitrogen functional groups attached to an aromatic ring is 1. The van der Waals surface area contributed by atoms with Gasteiger partial charge in [0.2, 0.25) is 0 Å². The van der Waals surface area contributed by atoms with Crippen LogP contribution < -0.4 is 11.1 Å². The Morgan fingerprint density at radius 1 is 1.12 bits per heavy atom. The van der Waals surface area contributed by atoms with Crippen LogP contribution in [0.1, 0.15) is 38.5 Å². The van der Waals surface area contributed by atoms with E-state index in [1.54, 1.807) is 6.07 Å². The van der Waals surface area contributed by atoms with Gasteiger partial charge in [0.05, 0.1) is 11.4 Å². The minimum atomic E-state index is 0.575. The second-order valence-corrected chi connectivity index (χ2v) is 5.00. The third-order valence-corrected chi connectivity index (χ3v) is 3.46. The van der Waals surface area contributed by atoms with E-state index in [1.165, 1.54) is 38.5 Å². The third-order valence-electron chi connectivity index (χ3n) is 3.23. The number of hydrogen-bond acceptors (Lipinski definition) is 2. The molecule has 16 heavy (non-hydrogen) atoms. The Morgan fingerprint density at radius 3 is 2.44 bits per heavy atom. The molecule has 0 atom stereocenters. The maximum absolute atomic E-state index is 5.93. The molecule has 0 radical (unpaired) electrons. The minimum absolute atomic E-state index is 0.575. The van der Waals surface area contributed by atoms with Crippen molar-refractivity contribution < 1.29 is 0 Å². The summed E-state index contributed by atoms with van der Waals surface area (Å²) in [6, 6.07) is 6.24. The Hall–Kier alpha value is -0.890. The van der Waals surface area contributed by atoms with Crippen LogP contribution in [0.2, 0.25) is 5.02 Å². The van der Waals surface area contributed by atoms with Gasteiger partial charge in [-0.1, -0.05) is 37.3 Å². The van der Waals surface area contributed by atoms with Crippen LogP contribution in [0.5, 0.6) is 0 Å². The lowest BCUT2D eigenvalue weighted by Crippen LogP contribution is -2.18. The predicted octanol–water partition coefficient (Wildman–Crippen LogP) is 4.06. The molecule has 2 rings (SSSR count). The second-order valence-electron chi connectivity index (χ2n) is 4.56. The zero-order chi connectivity index (χ0) is 11.4. The van der Waals surface area contributed by atoms with E-state index in [0.29, 0.717) is 11.1 Å². The van der Waals surface area contributed by atoms with Crippen molar-refractivity contribution in [3.63, 3.8) is 0 Å². The fourth-order valence-electron chi connectivity index (χ4n) is 2.31. The molecule has 0 spiro atoms. The molecule has 0 bridgehead atoms. The first-order valence-corrected chi connectivity index (χ1v) is 6.45. The predicted molar refractivity (Wildman–Crippen MR) is 71.0 cm³/mol. The van der Waals surface area contributed by atoms with Gasteiger partial charge in [0.1, 0.15) is 0 Å². The van der Waals surface area contributed by atoms with E-state index in [2.05, 4.69) is 5.32 Å². The van der Waals surface area contributed by atoms with Crippen LogP contribution in [-0.2, 0) is 0 Å². The fourth-order valence-corrected chi connectivity index (χ4v) is 2.49. The monoisotopic (exact) mass is 238 g/mol. The van der Waals surface area contributed by atoms with Gasteiger partial charge in [0.15, 0.2) is 0 Å². The van der Waals surface area contributed by atoms with Gasteiger partial charge in [0.25, 0.3) is 0 Å². The Bertz CT molecular complexity index is 344. The summed E-state index contributed by atoms with van der Waals surface area (Å²) < 4.78 is 0. The molecule has 2 nitrogen and oxygen atoms in total. The Morgan fingerprint density at radius 2 is 1.81 bits per heavy atom. The highest BCUT2D eigenvalue weighted by molar-refractivity contribution is 6.31. The zero-order valence-corrected chi connectivity index (χ0v) is 10.3. The molecule has 1 aliphatic carbocycles. The Balaban J connectivity index is 2.01. The van der Waals surface area contributed by atoms with E-state index < -0.39 is 0 Å². The molecule has 1 aromatic rings. The van der Waals surface area contributed by atoms with Crippen LogP contribution in [0, 0.1) is 0 Å². The first-order chi connectivity index (χ1) is 7.75. The van der Waals surface area contributed by atoms with Crippen molar-refractivity contribution in [2.24, 2.45) is 0 Å². The number of benzene rings is 1. The molecule has 3 heteroatoms. The van der Waals surface area contributed by atoms with E-state index in [-0.39, 0.29) is 0 Å². The first kappa shape index (κ1) is 11.6. The van der Waals surface area contributed by atoms with Crippen molar-refractivity contribution >= 4 is 23.0 Å². The highest BCUT2D eigenvalue weighted by atomic mass is 35.5. The molecule has 0 amide bonds. The minimum Gasteiger partial charge on any atom is -0.397 e. The molecule has 1 aromatic carbocycles. The topological polar surface area (TPSA) is 38.0 Å². The summed E-state index contributed by atoms with van der Waals surface area (Å²) in [7, 11) is 0. The van der Waals surface area contributed by atoms with Crippen LogP contribution in [-0.4, -0.2) is 6.04 Å². The van der Waals surface area contributed by atoms with Crippen LogP contribution in [0.15, 0.2) is 18.2 Å². The molecule has 0 aromatic heterocycles. The molecule has 0 aliphatic heterocycles. The number of nitrogens with one attached hydrogen (secondary N) is 1. The van der Waals surface area contributed by atoms with Gasteiger partial charge in [-0.2, -0.15) is 0 Å². The second kappa shape index (κ2) is 5.44. The van der Waals surface area contributed by atoms with E-state index in [4.69, 9.17) is 17.3 Å². The normalized spacial score (nSPS) is 18.1. The molecule has 88 valence electrons. The molecule has 0 heterocycles. The van der Waals surface area contributed by atoms with Gasteiger partial charge in [-0.25, -0.2) is 0 Å². The summed E-state index contributed by atoms with van der Waals surface area (Å²) in [4.78, 5) is 0. The van der Waals surface area contributed by atoms with Gasteiger partial charge >= 0.3 is 0 Å². The third kappa shape index (κ3) is 3.05. The van der Waals surface area contributed by atoms with Crippen LogP contribution in [0.3, 0.4) is 0 Å². The average molecular weight is 239 g/mol. The summed E-state index contributed by atoms with van der Waals surface area (Å²) in [6.45, 7) is 0. The van der Waals surface area contributed by atoms with Gasteiger partial charge < -0.3 is 11.1 Å². The van der Waals surface area contributed by atoms with Crippen molar-refractivity contribution in [3.05, 3.63) is 23.2 Å². The van der Waals surface area contributed by atoms with Crippen molar-refractivity contribution in [1.29, 1.82) is 0 Å². The molecule has 1 aliphatic rings. The summed E-state index contributed by atoms with van der Waals surface area (Å²) in [5.41, 5.74) is 7.70. The van der Waals surface area contributed by atoms with E-state index in [1.807, 2.05) is 12.1 Å². The maximum atomic E-state index is 5.93. The lowest BCUT2D eigenvalue weighted by atomic mass is 10.1. The van der Waals surface area contributed by atoms with Gasteiger partial charge in [-0.15, -0.1) is 0 Å². The fraction of sp³-hybridized carbons (Fsp3) is 0.538. The van der Waals surface area contributed by atoms with Gasteiger partial charge in [-0.05, 0) is 31.0 Å². The highest BCUT2D eigenvalue weighted by Gasteiger charge is 2.12. The van der Waals surface area contributed by atoms with E-state index in [0.717, 1.165) is 11.4 Å². The first-order valence-electron chi connectivity index (χ1n) is 6.07. The van der Waals surface area contributed by atoms with E-state index in [9.17, 15) is 0 Å². The van der Waals surface area contributed by atoms with E-state index >= 15 is 0 Å². The molecule has 3 N–H and O–H groups in total. The SMILES string of the molecule is Nc1cc(Cl)ccc1NC1CCCCCC1. The average Bonchev–Trinajstić information content (AvgIpc) is 2.51. The Kier molecular flexibility index (Phi) is 3.94. The number of rotatable bonds is 2. The van der Waals surface area contributed by atoms with Crippen LogP contribution in [0.4, 0.5) is 11.4 Å². The van der Waals surface area contributed by atoms with Crippen LogP contribution in [0.25, 0.3) is 0 Å². The van der Waals surface area contributed by atoms with Crippen LogP contribution >= 0.6 is 11.6 Å². The Labute approximate surface area is 102 Å². The molecule has 0 unspecified atom stereocenters. The zero-order valence-electron chi connectivity index (χ0n) is 9.51. The quantitative estimate of drug-likeness (QED) is 0.603. The molecule has 1 fully saturated rings. The van der Waals surface area contributed by atoms with Crippen molar-refractivity contribution in [2.75, 3.05) is 11.1 Å². The lowest BCUT2D eigenvalue weighted by molar-refractivity contribution is 0.620. The summed E-state index contributed by atoms with van der Waals surface area (Å²) in [6.07, 6.45) is 7.89. The lowest BCUT2D eigenvalue weighted by Gasteiger charge is -2.19. The summed E-state index contributed by atoms with van der Waals surface area (Å²) in [5, 5.41) is 4.23. The van der Waals surface area contributed by atoms with Gasteiger partial charge in [0, 0.05) is 11.1 Å². The largest absolute Gasteiger partial charge is 0.397 e. The van der Waals surface area contributed by atoms with Gasteiger partial charge in [-0.3, -0.25) is 0 Å². The number of nitrogens with two attached hydrogens (primary N) is 1. The smallest absolute Gasteiger partial charge is 0.0577 e. The molecular weight excluding hydrogens is 220 g/mol. The van der Waals surface area contributed by atoms with Crippen molar-refractivity contribution in [2.45, 2.75) is 44.6 Å².